The summed E-state index contributed by atoms with van der Waals surface area (Å²) in [6.45, 7) is 1.67. The first kappa shape index (κ1) is 13.4. The van der Waals surface area contributed by atoms with Crippen molar-refractivity contribution in [3.8, 4) is 0 Å². The molecule has 6 heteroatoms. The minimum absolute atomic E-state index is 0.211. The van der Waals surface area contributed by atoms with Gasteiger partial charge in [0.05, 0.1) is 17.4 Å². The molecular formula is C13H10BrNO4. The van der Waals surface area contributed by atoms with E-state index in [0.717, 1.165) is 0 Å². The number of halogens is 1. The number of amides is 1. The number of aromatic carboxylic acids is 1. The first-order valence-corrected chi connectivity index (χ1v) is 6.16. The van der Waals surface area contributed by atoms with Gasteiger partial charge in [-0.05, 0) is 52.7 Å². The molecule has 0 saturated heterocycles. The number of nitrogens with one attached hydrogen (secondary N) is 1. The number of furan rings is 1. The number of hydrogen-bond acceptors (Lipinski definition) is 3. The van der Waals surface area contributed by atoms with Gasteiger partial charge in [0, 0.05) is 5.69 Å². The van der Waals surface area contributed by atoms with Gasteiger partial charge in [-0.25, -0.2) is 4.79 Å². The average molecular weight is 324 g/mol. The second-order valence-corrected chi connectivity index (χ2v) is 4.62. The largest absolute Gasteiger partial charge is 0.478 e. The Labute approximate surface area is 117 Å². The molecule has 0 aliphatic heterocycles. The van der Waals surface area contributed by atoms with Crippen LogP contribution in [-0.2, 0) is 0 Å². The van der Waals surface area contributed by atoms with Crippen molar-refractivity contribution >= 4 is 33.5 Å². The second-order valence-electron chi connectivity index (χ2n) is 3.90. The molecule has 2 aromatic rings. The molecule has 0 fully saturated rings. The predicted octanol–water partition coefficient (Wildman–Crippen LogP) is 3.30. The van der Waals surface area contributed by atoms with E-state index >= 15 is 0 Å². The molecule has 0 atom stereocenters. The average Bonchev–Trinajstić information content (AvgIpc) is 2.75. The molecular weight excluding hydrogens is 314 g/mol. The third kappa shape index (κ3) is 2.85. The van der Waals surface area contributed by atoms with Gasteiger partial charge in [-0.2, -0.15) is 0 Å². The summed E-state index contributed by atoms with van der Waals surface area (Å²) in [5.74, 6) is -1.32. The summed E-state index contributed by atoms with van der Waals surface area (Å²) in [6, 6.07) is 6.15. The van der Waals surface area contributed by atoms with E-state index in [1.807, 2.05) is 0 Å². The number of anilines is 1. The van der Waals surface area contributed by atoms with Crippen LogP contribution in [0.2, 0.25) is 0 Å². The summed E-state index contributed by atoms with van der Waals surface area (Å²) in [7, 11) is 0. The number of carboxylic acids is 1. The Morgan fingerprint density at radius 2 is 2.00 bits per heavy atom. The van der Waals surface area contributed by atoms with Crippen molar-refractivity contribution < 1.29 is 19.1 Å². The first-order valence-electron chi connectivity index (χ1n) is 5.37. The molecule has 0 unspecified atom stereocenters. The van der Waals surface area contributed by atoms with Crippen molar-refractivity contribution in [2.45, 2.75) is 6.92 Å². The van der Waals surface area contributed by atoms with Crippen LogP contribution in [0.1, 0.15) is 26.3 Å². The Balaban J connectivity index is 2.21. The number of benzene rings is 1. The van der Waals surface area contributed by atoms with E-state index in [9.17, 15) is 9.59 Å². The number of carboxylic acid groups (broad SMARTS) is 1. The monoisotopic (exact) mass is 323 g/mol. The molecule has 2 rings (SSSR count). The Bertz CT molecular complexity index is 648. The maximum atomic E-state index is 11.9. The highest BCUT2D eigenvalue weighted by Crippen LogP contribution is 2.20. The minimum Gasteiger partial charge on any atom is -0.478 e. The number of rotatable bonds is 3. The Hall–Kier alpha value is -2.08. The molecule has 2 N–H and O–H groups in total. The van der Waals surface area contributed by atoms with Crippen LogP contribution in [0.15, 0.2) is 39.6 Å². The maximum absolute atomic E-state index is 11.9. The number of hydrogen-bond donors (Lipinski definition) is 2. The van der Waals surface area contributed by atoms with Gasteiger partial charge in [0.2, 0.25) is 0 Å². The summed E-state index contributed by atoms with van der Waals surface area (Å²) in [4.78, 5) is 22.8. The molecule has 5 nitrogen and oxygen atoms in total. The van der Waals surface area contributed by atoms with Crippen LogP contribution in [-0.4, -0.2) is 17.0 Å². The molecule has 98 valence electrons. The highest BCUT2D eigenvalue weighted by Gasteiger charge is 2.14. The van der Waals surface area contributed by atoms with E-state index in [1.165, 1.54) is 18.4 Å². The van der Waals surface area contributed by atoms with Crippen molar-refractivity contribution in [1.82, 2.24) is 0 Å². The van der Waals surface area contributed by atoms with Crippen molar-refractivity contribution in [2.24, 2.45) is 0 Å². The molecule has 1 aromatic carbocycles. The van der Waals surface area contributed by atoms with Crippen molar-refractivity contribution in [3.63, 3.8) is 0 Å². The summed E-state index contributed by atoms with van der Waals surface area (Å²) in [5.41, 5.74) is 1.69. The second kappa shape index (κ2) is 5.27. The van der Waals surface area contributed by atoms with Crippen LogP contribution < -0.4 is 5.32 Å². The molecule has 0 aliphatic rings. The molecule has 1 aromatic heterocycles. The lowest BCUT2D eigenvalue weighted by atomic mass is 10.1. The minimum atomic E-state index is -0.993. The Morgan fingerprint density at radius 3 is 2.53 bits per heavy atom. The van der Waals surface area contributed by atoms with E-state index < -0.39 is 5.97 Å². The fraction of sp³-hybridized carbons (Fsp3) is 0.0769. The van der Waals surface area contributed by atoms with Gasteiger partial charge in [-0.1, -0.05) is 0 Å². The molecule has 0 spiro atoms. The van der Waals surface area contributed by atoms with Crippen LogP contribution >= 0.6 is 15.9 Å². The van der Waals surface area contributed by atoms with Gasteiger partial charge < -0.3 is 14.8 Å². The van der Waals surface area contributed by atoms with Gasteiger partial charge in [0.25, 0.3) is 5.91 Å². The summed E-state index contributed by atoms with van der Waals surface area (Å²) < 4.78 is 5.33. The lowest BCUT2D eigenvalue weighted by Crippen LogP contribution is -2.12. The molecule has 0 radical (unpaired) electrons. The van der Waals surface area contributed by atoms with Crippen LogP contribution in [0.4, 0.5) is 5.69 Å². The summed E-state index contributed by atoms with van der Waals surface area (Å²) in [5, 5.41) is 11.6. The van der Waals surface area contributed by atoms with Crippen molar-refractivity contribution in [1.29, 1.82) is 0 Å². The highest BCUT2D eigenvalue weighted by atomic mass is 79.9. The topological polar surface area (TPSA) is 79.5 Å². The first-order chi connectivity index (χ1) is 8.99. The van der Waals surface area contributed by atoms with E-state index in [2.05, 4.69) is 21.2 Å². The van der Waals surface area contributed by atoms with E-state index in [1.54, 1.807) is 19.1 Å². The predicted molar refractivity (Wildman–Crippen MR) is 72.5 cm³/mol. The summed E-state index contributed by atoms with van der Waals surface area (Å²) in [6.07, 6.45) is 1.40. The molecule has 0 saturated carbocycles. The van der Waals surface area contributed by atoms with Gasteiger partial charge in [-0.15, -0.1) is 0 Å². The third-order valence-corrected chi connectivity index (χ3v) is 3.19. The standard InChI is InChI=1S/C13H10BrNO4/c1-7-6-8(2-3-9(7)13(17)18)15-12(16)10-4-5-19-11(10)14/h2-6H,1H3,(H,15,16)(H,17,18). The SMILES string of the molecule is Cc1cc(NC(=O)c2ccoc2Br)ccc1C(=O)O. The van der Waals surface area contributed by atoms with Gasteiger partial charge in [0.15, 0.2) is 4.67 Å². The molecule has 19 heavy (non-hydrogen) atoms. The maximum Gasteiger partial charge on any atom is 0.335 e. The third-order valence-electron chi connectivity index (χ3n) is 2.58. The number of carbonyl (C=O) groups excluding carboxylic acids is 1. The zero-order valence-corrected chi connectivity index (χ0v) is 11.5. The fourth-order valence-corrected chi connectivity index (χ4v) is 2.06. The highest BCUT2D eigenvalue weighted by molar-refractivity contribution is 9.10. The quantitative estimate of drug-likeness (QED) is 0.908. The molecule has 0 bridgehead atoms. The lowest BCUT2D eigenvalue weighted by Gasteiger charge is -2.07. The molecule has 1 heterocycles. The Kier molecular flexibility index (Phi) is 3.71. The van der Waals surface area contributed by atoms with Gasteiger partial charge in [0.1, 0.15) is 0 Å². The summed E-state index contributed by atoms with van der Waals surface area (Å²) >= 11 is 3.12. The zero-order valence-electron chi connectivity index (χ0n) is 9.94. The fourth-order valence-electron chi connectivity index (χ4n) is 1.64. The van der Waals surface area contributed by atoms with E-state index in [4.69, 9.17) is 9.52 Å². The number of aryl methyl sites for hydroxylation is 1. The lowest BCUT2D eigenvalue weighted by molar-refractivity contribution is 0.0696. The van der Waals surface area contributed by atoms with Crippen LogP contribution in [0.25, 0.3) is 0 Å². The van der Waals surface area contributed by atoms with Gasteiger partial charge in [-0.3, -0.25) is 4.79 Å². The Morgan fingerprint density at radius 1 is 1.26 bits per heavy atom. The van der Waals surface area contributed by atoms with Crippen LogP contribution in [0.5, 0.6) is 0 Å². The molecule has 1 amide bonds. The number of carbonyl (C=O) groups is 2. The zero-order chi connectivity index (χ0) is 14.0. The van der Waals surface area contributed by atoms with E-state index in [-0.39, 0.29) is 11.5 Å². The van der Waals surface area contributed by atoms with Crippen LogP contribution in [0, 0.1) is 6.92 Å². The van der Waals surface area contributed by atoms with Crippen molar-refractivity contribution in [2.75, 3.05) is 5.32 Å². The normalized spacial score (nSPS) is 10.2. The molecule has 0 aliphatic carbocycles. The van der Waals surface area contributed by atoms with E-state index in [0.29, 0.717) is 21.5 Å². The van der Waals surface area contributed by atoms with Crippen molar-refractivity contribution in [3.05, 3.63) is 51.9 Å². The smallest absolute Gasteiger partial charge is 0.335 e. The van der Waals surface area contributed by atoms with Crippen LogP contribution in [0.3, 0.4) is 0 Å². The van der Waals surface area contributed by atoms with Gasteiger partial charge >= 0.3 is 5.97 Å².